The number of allylic oxidation sites excluding steroid dienone is 4. The van der Waals surface area contributed by atoms with Crippen molar-refractivity contribution < 1.29 is 39.5 Å². The predicted molar refractivity (Wildman–Crippen MR) is 42.1 cm³/mol. The van der Waals surface area contributed by atoms with Crippen LogP contribution < -0.4 is 0 Å². The van der Waals surface area contributed by atoms with Crippen LogP contribution >= 0.6 is 0 Å². The van der Waals surface area contributed by atoms with Crippen LogP contribution in [-0.4, -0.2) is 18.5 Å². The molecule has 103 valence electrons. The average molecular weight is 283 g/mol. The van der Waals surface area contributed by atoms with Crippen molar-refractivity contribution in [3.05, 3.63) is 30.2 Å². The zero-order valence-corrected chi connectivity index (χ0v) is 8.21. The fourth-order valence-corrected chi connectivity index (χ4v) is 1.33. The van der Waals surface area contributed by atoms with Crippen molar-refractivity contribution in [3.63, 3.8) is 0 Å². The van der Waals surface area contributed by atoms with E-state index in [1.54, 1.807) is 0 Å². The van der Waals surface area contributed by atoms with Crippen molar-refractivity contribution in [1.29, 1.82) is 0 Å². The summed E-state index contributed by atoms with van der Waals surface area (Å²) in [6, 6.07) is 0. The molecule has 0 aromatic carbocycles. The molecule has 0 amide bonds. The highest BCUT2D eigenvalue weighted by molar-refractivity contribution is 5.38. The van der Waals surface area contributed by atoms with Crippen LogP contribution in [0.2, 0.25) is 0 Å². The van der Waals surface area contributed by atoms with Crippen LogP contribution in [0.5, 0.6) is 0 Å². The van der Waals surface area contributed by atoms with Crippen LogP contribution in [0.1, 0.15) is 0 Å². The van der Waals surface area contributed by atoms with Gasteiger partial charge in [-0.25, -0.2) is 0 Å². The molecule has 0 heterocycles. The highest BCUT2D eigenvalue weighted by Gasteiger charge is 2.69. The Kier molecular flexibility index (Phi) is 3.25. The molecular formula is C9H4F9. The lowest BCUT2D eigenvalue weighted by atomic mass is 9.79. The van der Waals surface area contributed by atoms with Crippen molar-refractivity contribution in [2.75, 3.05) is 0 Å². The van der Waals surface area contributed by atoms with Crippen molar-refractivity contribution in [1.82, 2.24) is 0 Å². The lowest BCUT2D eigenvalue weighted by Gasteiger charge is -2.35. The fraction of sp³-hybridized carbons (Fsp3) is 0.444. The average Bonchev–Trinajstić information content (AvgIpc) is 2.13. The maximum atomic E-state index is 12.5. The van der Waals surface area contributed by atoms with E-state index in [2.05, 4.69) is 0 Å². The molecule has 0 aromatic heterocycles. The van der Waals surface area contributed by atoms with E-state index in [0.29, 0.717) is 0 Å². The largest absolute Gasteiger partial charge is 0.413 e. The van der Waals surface area contributed by atoms with Gasteiger partial charge in [0, 0.05) is 12.0 Å². The van der Waals surface area contributed by atoms with Crippen LogP contribution in [0.15, 0.2) is 23.8 Å². The molecule has 0 fully saturated rings. The Labute approximate surface area is 94.8 Å². The van der Waals surface area contributed by atoms with E-state index in [-0.39, 0.29) is 18.6 Å². The Balaban J connectivity index is 3.43. The van der Waals surface area contributed by atoms with Gasteiger partial charge < -0.3 is 0 Å². The number of rotatable bonds is 0. The molecule has 0 unspecified atom stereocenters. The van der Waals surface area contributed by atoms with Crippen molar-refractivity contribution in [2.45, 2.75) is 18.5 Å². The van der Waals surface area contributed by atoms with Gasteiger partial charge in [0.1, 0.15) is 0 Å². The van der Waals surface area contributed by atoms with Crippen LogP contribution in [0, 0.1) is 11.8 Å². The van der Waals surface area contributed by atoms with E-state index in [4.69, 9.17) is 0 Å². The van der Waals surface area contributed by atoms with Crippen LogP contribution in [0.25, 0.3) is 0 Å². The van der Waals surface area contributed by atoms with Crippen LogP contribution in [-0.2, 0) is 0 Å². The van der Waals surface area contributed by atoms with Gasteiger partial charge in [-0.3, -0.25) is 0 Å². The lowest BCUT2D eigenvalue weighted by molar-refractivity contribution is -0.303. The van der Waals surface area contributed by atoms with Crippen LogP contribution in [0.4, 0.5) is 39.5 Å². The van der Waals surface area contributed by atoms with Crippen molar-refractivity contribution in [2.24, 2.45) is 5.41 Å². The third-order valence-electron chi connectivity index (χ3n) is 2.28. The SMILES string of the molecule is FC(F)(F)C1=CC(C(F)(F)F)(C(F)(F)F)C=C[CH]1. The first-order chi connectivity index (χ1) is 7.81. The molecule has 0 N–H and O–H groups in total. The summed E-state index contributed by atoms with van der Waals surface area (Å²) in [5.41, 5.74) is -6.60. The summed E-state index contributed by atoms with van der Waals surface area (Å²) in [6.07, 6.45) is -18.1. The van der Waals surface area contributed by atoms with E-state index in [9.17, 15) is 39.5 Å². The first-order valence-corrected chi connectivity index (χ1v) is 4.27. The highest BCUT2D eigenvalue weighted by atomic mass is 19.4. The molecule has 0 saturated heterocycles. The molecule has 1 rings (SSSR count). The molecule has 0 nitrogen and oxygen atoms in total. The third-order valence-corrected chi connectivity index (χ3v) is 2.28. The predicted octanol–water partition coefficient (Wildman–Crippen LogP) is 4.36. The molecule has 0 aliphatic heterocycles. The smallest absolute Gasteiger partial charge is 0.169 e. The second kappa shape index (κ2) is 3.92. The molecule has 0 saturated carbocycles. The monoisotopic (exact) mass is 283 g/mol. The Morgan fingerprint density at radius 3 is 1.56 bits per heavy atom. The van der Waals surface area contributed by atoms with Crippen molar-refractivity contribution >= 4 is 0 Å². The molecule has 1 aliphatic rings. The highest BCUT2D eigenvalue weighted by Crippen LogP contribution is 2.55. The van der Waals surface area contributed by atoms with Gasteiger partial charge in [-0.2, -0.15) is 39.5 Å². The van der Waals surface area contributed by atoms with Gasteiger partial charge in [-0.15, -0.1) is 0 Å². The quantitative estimate of drug-likeness (QED) is 0.579. The Hall–Kier alpha value is -1.15. The van der Waals surface area contributed by atoms with E-state index >= 15 is 0 Å². The van der Waals surface area contributed by atoms with E-state index in [1.807, 2.05) is 0 Å². The zero-order valence-electron chi connectivity index (χ0n) is 8.21. The molecule has 18 heavy (non-hydrogen) atoms. The first kappa shape index (κ1) is 14.9. The van der Waals surface area contributed by atoms with Gasteiger partial charge in [-0.05, 0) is 6.08 Å². The summed E-state index contributed by atoms with van der Waals surface area (Å²) in [7, 11) is 0. The fourth-order valence-electron chi connectivity index (χ4n) is 1.33. The van der Waals surface area contributed by atoms with Gasteiger partial charge in [0.15, 0.2) is 5.41 Å². The molecule has 0 bridgehead atoms. The minimum atomic E-state index is -5.91. The summed E-state index contributed by atoms with van der Waals surface area (Å²) < 4.78 is 111. The third kappa shape index (κ3) is 2.35. The van der Waals surface area contributed by atoms with E-state index < -0.39 is 35.6 Å². The van der Waals surface area contributed by atoms with Crippen molar-refractivity contribution in [3.8, 4) is 0 Å². The summed E-state index contributed by atoms with van der Waals surface area (Å²) in [5.74, 6) is 0. The Morgan fingerprint density at radius 2 is 1.22 bits per heavy atom. The molecule has 0 aromatic rings. The molecular weight excluding hydrogens is 279 g/mol. The van der Waals surface area contributed by atoms with E-state index in [1.165, 1.54) is 0 Å². The number of halogens is 9. The molecule has 0 spiro atoms. The molecule has 1 radical (unpaired) electrons. The summed E-state index contributed by atoms with van der Waals surface area (Å²) >= 11 is 0. The second-order valence-corrected chi connectivity index (χ2v) is 3.49. The summed E-state index contributed by atoms with van der Waals surface area (Å²) in [6.45, 7) is 0. The maximum absolute atomic E-state index is 12.5. The van der Waals surface area contributed by atoms with Gasteiger partial charge in [-0.1, -0.05) is 12.2 Å². The number of hydrogen-bond donors (Lipinski definition) is 0. The van der Waals surface area contributed by atoms with Gasteiger partial charge in [0.25, 0.3) is 0 Å². The molecule has 1 aliphatic carbocycles. The topological polar surface area (TPSA) is 0 Å². The number of hydrogen-bond acceptors (Lipinski definition) is 0. The normalized spacial score (nSPS) is 20.8. The van der Waals surface area contributed by atoms with Gasteiger partial charge in [0.05, 0.1) is 0 Å². The Bertz CT molecular complexity index is 362. The van der Waals surface area contributed by atoms with Gasteiger partial charge >= 0.3 is 18.5 Å². The minimum Gasteiger partial charge on any atom is -0.169 e. The minimum absolute atomic E-state index is 0.101. The van der Waals surface area contributed by atoms with E-state index in [0.717, 1.165) is 0 Å². The second-order valence-electron chi connectivity index (χ2n) is 3.49. The summed E-state index contributed by atoms with van der Waals surface area (Å²) in [5, 5.41) is 0. The van der Waals surface area contributed by atoms with Gasteiger partial charge in [0.2, 0.25) is 0 Å². The summed E-state index contributed by atoms with van der Waals surface area (Å²) in [4.78, 5) is 0. The first-order valence-electron chi connectivity index (χ1n) is 4.27. The lowest BCUT2D eigenvalue weighted by Crippen LogP contribution is -2.48. The molecule has 0 atom stereocenters. The molecule has 9 heteroatoms. The Morgan fingerprint density at radius 1 is 0.778 bits per heavy atom. The number of alkyl halides is 9. The maximum Gasteiger partial charge on any atom is 0.413 e. The standard InChI is InChI=1S/C9H4F9/c10-7(11,12)5-2-1-3-6(4-5,8(13,14)15)9(16,17)18/h1-4H. The van der Waals surface area contributed by atoms with Crippen LogP contribution in [0.3, 0.4) is 0 Å². The zero-order chi connectivity index (χ0) is 14.4.